The maximum absolute atomic E-state index is 10.4. The molecular formula is C15H24O4. The number of ether oxygens (including phenoxy) is 3. The Labute approximate surface area is 115 Å². The summed E-state index contributed by atoms with van der Waals surface area (Å²) in [6.45, 7) is 7.79. The number of aldehydes is 1. The van der Waals surface area contributed by atoms with Gasteiger partial charge in [-0.1, -0.05) is 0 Å². The summed E-state index contributed by atoms with van der Waals surface area (Å²) in [6, 6.07) is 7.09. The van der Waals surface area contributed by atoms with Crippen LogP contribution in [0.1, 0.15) is 38.1 Å². The summed E-state index contributed by atoms with van der Waals surface area (Å²) >= 11 is 0. The van der Waals surface area contributed by atoms with Gasteiger partial charge in [-0.3, -0.25) is 4.79 Å². The quantitative estimate of drug-likeness (QED) is 0.621. The number of benzene rings is 1. The lowest BCUT2D eigenvalue weighted by atomic mass is 10.2. The Bertz CT molecular complexity index is 347. The van der Waals surface area contributed by atoms with E-state index in [1.54, 1.807) is 38.5 Å². The predicted octanol–water partition coefficient (Wildman–Crippen LogP) is 3.30. The molecule has 0 unspecified atom stereocenters. The average molecular weight is 268 g/mol. The van der Waals surface area contributed by atoms with E-state index in [0.717, 1.165) is 12.0 Å². The Morgan fingerprint density at radius 2 is 1.53 bits per heavy atom. The van der Waals surface area contributed by atoms with Crippen molar-refractivity contribution >= 4 is 6.29 Å². The van der Waals surface area contributed by atoms with E-state index < -0.39 is 0 Å². The van der Waals surface area contributed by atoms with E-state index in [1.165, 1.54) is 0 Å². The van der Waals surface area contributed by atoms with Gasteiger partial charge in [-0.25, -0.2) is 0 Å². The van der Waals surface area contributed by atoms with Gasteiger partial charge < -0.3 is 14.2 Å². The minimum atomic E-state index is -0.192. The molecule has 0 spiro atoms. The number of hydrogen-bond acceptors (Lipinski definition) is 4. The second-order valence-electron chi connectivity index (χ2n) is 4.94. The summed E-state index contributed by atoms with van der Waals surface area (Å²) in [4.78, 5) is 10.4. The molecule has 108 valence electrons. The van der Waals surface area contributed by atoms with Gasteiger partial charge in [-0.2, -0.15) is 0 Å². The van der Waals surface area contributed by atoms with Crippen molar-refractivity contribution < 1.29 is 19.0 Å². The molecule has 0 aromatic heterocycles. The largest absolute Gasteiger partial charge is 0.488 e. The van der Waals surface area contributed by atoms with Crippen LogP contribution in [0.15, 0.2) is 24.3 Å². The third-order valence-electron chi connectivity index (χ3n) is 2.10. The van der Waals surface area contributed by atoms with E-state index in [4.69, 9.17) is 4.74 Å². The fraction of sp³-hybridized carbons (Fsp3) is 0.533. The molecule has 0 saturated heterocycles. The van der Waals surface area contributed by atoms with Crippen LogP contribution in [0.5, 0.6) is 5.75 Å². The lowest BCUT2D eigenvalue weighted by molar-refractivity contribution is -0.0877. The highest BCUT2D eigenvalue weighted by Gasteiger charge is 2.10. The minimum absolute atomic E-state index is 0.0648. The number of methoxy groups -OCH3 is 2. The highest BCUT2D eigenvalue weighted by atomic mass is 16.7. The maximum Gasteiger partial charge on any atom is 0.154 e. The molecule has 0 aliphatic heterocycles. The van der Waals surface area contributed by atoms with Gasteiger partial charge in [0.05, 0.1) is 0 Å². The second kappa shape index (κ2) is 8.67. The van der Waals surface area contributed by atoms with Crippen LogP contribution in [0.4, 0.5) is 0 Å². The highest BCUT2D eigenvalue weighted by molar-refractivity contribution is 5.74. The first-order valence-electron chi connectivity index (χ1n) is 6.12. The molecule has 0 saturated carbocycles. The molecule has 1 aromatic rings. The van der Waals surface area contributed by atoms with Crippen molar-refractivity contribution in [2.45, 2.75) is 39.6 Å². The molecule has 4 heteroatoms. The van der Waals surface area contributed by atoms with Gasteiger partial charge in [-0.15, -0.1) is 0 Å². The first-order chi connectivity index (χ1) is 8.82. The molecule has 0 radical (unpaired) electrons. The van der Waals surface area contributed by atoms with Crippen molar-refractivity contribution in [1.82, 2.24) is 0 Å². The zero-order valence-corrected chi connectivity index (χ0v) is 12.6. The molecule has 1 aromatic carbocycles. The van der Waals surface area contributed by atoms with Crippen LogP contribution in [0, 0.1) is 0 Å². The van der Waals surface area contributed by atoms with E-state index in [2.05, 4.69) is 9.47 Å². The molecule has 0 heterocycles. The SMILES string of the molecule is CC(C)(C)Oc1ccc(C=O)cc1.COC(C)OC. The maximum atomic E-state index is 10.4. The molecule has 0 amide bonds. The molecule has 0 aliphatic rings. The van der Waals surface area contributed by atoms with Crippen LogP contribution >= 0.6 is 0 Å². The fourth-order valence-corrected chi connectivity index (χ4v) is 1.06. The Balaban J connectivity index is 0.000000459. The third-order valence-corrected chi connectivity index (χ3v) is 2.10. The van der Waals surface area contributed by atoms with Crippen LogP contribution in [0.25, 0.3) is 0 Å². The Morgan fingerprint density at radius 1 is 1.05 bits per heavy atom. The fourth-order valence-electron chi connectivity index (χ4n) is 1.06. The lowest BCUT2D eigenvalue weighted by Crippen LogP contribution is -2.22. The molecule has 0 atom stereocenters. The zero-order chi connectivity index (χ0) is 14.9. The summed E-state index contributed by atoms with van der Waals surface area (Å²) in [6.07, 6.45) is 0.755. The summed E-state index contributed by atoms with van der Waals surface area (Å²) in [5.41, 5.74) is 0.476. The molecule has 0 aliphatic carbocycles. The minimum Gasteiger partial charge on any atom is -0.488 e. The van der Waals surface area contributed by atoms with Gasteiger partial charge in [0.1, 0.15) is 17.6 Å². The van der Waals surface area contributed by atoms with Gasteiger partial charge in [-0.05, 0) is 52.0 Å². The predicted molar refractivity (Wildman–Crippen MR) is 75.7 cm³/mol. The van der Waals surface area contributed by atoms with Gasteiger partial charge in [0.25, 0.3) is 0 Å². The molecular weight excluding hydrogens is 244 g/mol. The van der Waals surface area contributed by atoms with Crippen LogP contribution in [-0.4, -0.2) is 32.4 Å². The van der Waals surface area contributed by atoms with Crippen molar-refractivity contribution in [2.24, 2.45) is 0 Å². The number of carbonyl (C=O) groups is 1. The van der Waals surface area contributed by atoms with Gasteiger partial charge >= 0.3 is 0 Å². The Morgan fingerprint density at radius 3 is 1.79 bits per heavy atom. The number of hydrogen-bond donors (Lipinski definition) is 0. The van der Waals surface area contributed by atoms with Gasteiger partial charge in [0, 0.05) is 19.8 Å². The van der Waals surface area contributed by atoms with Gasteiger partial charge in [0.2, 0.25) is 0 Å². The van der Waals surface area contributed by atoms with Gasteiger partial charge in [0.15, 0.2) is 6.29 Å². The van der Waals surface area contributed by atoms with Crippen LogP contribution < -0.4 is 4.74 Å². The Hall–Kier alpha value is -1.39. The van der Waals surface area contributed by atoms with E-state index >= 15 is 0 Å². The number of rotatable bonds is 4. The zero-order valence-electron chi connectivity index (χ0n) is 12.6. The van der Waals surface area contributed by atoms with Crippen LogP contribution in [0.2, 0.25) is 0 Å². The summed E-state index contributed by atoms with van der Waals surface area (Å²) in [7, 11) is 3.21. The monoisotopic (exact) mass is 268 g/mol. The van der Waals surface area contributed by atoms with Crippen LogP contribution in [-0.2, 0) is 9.47 Å². The van der Waals surface area contributed by atoms with Crippen LogP contribution in [0.3, 0.4) is 0 Å². The summed E-state index contributed by atoms with van der Waals surface area (Å²) in [5.74, 6) is 0.790. The standard InChI is InChI=1S/C11H14O2.C4H10O2/c1-11(2,3)13-10-6-4-9(8-12)5-7-10;1-4(5-2)6-3/h4-8H,1-3H3;4H,1-3H3. The topological polar surface area (TPSA) is 44.8 Å². The molecule has 0 fully saturated rings. The third kappa shape index (κ3) is 9.22. The van der Waals surface area contributed by atoms with Crippen molar-refractivity contribution in [3.8, 4) is 5.75 Å². The molecule has 0 bridgehead atoms. The van der Waals surface area contributed by atoms with Crippen molar-refractivity contribution in [3.05, 3.63) is 29.8 Å². The summed E-state index contributed by atoms with van der Waals surface area (Å²) in [5, 5.41) is 0. The first kappa shape index (κ1) is 17.6. The Kier molecular flexibility index (Phi) is 8.03. The average Bonchev–Trinajstić information content (AvgIpc) is 2.37. The molecule has 4 nitrogen and oxygen atoms in total. The lowest BCUT2D eigenvalue weighted by Gasteiger charge is -2.21. The van der Waals surface area contributed by atoms with E-state index in [9.17, 15) is 4.79 Å². The first-order valence-corrected chi connectivity index (χ1v) is 6.12. The molecule has 1 rings (SSSR count). The summed E-state index contributed by atoms with van der Waals surface area (Å²) < 4.78 is 14.9. The smallest absolute Gasteiger partial charge is 0.154 e. The van der Waals surface area contributed by atoms with E-state index in [0.29, 0.717) is 5.56 Å². The van der Waals surface area contributed by atoms with Crippen molar-refractivity contribution in [1.29, 1.82) is 0 Å². The highest BCUT2D eigenvalue weighted by Crippen LogP contribution is 2.17. The van der Waals surface area contributed by atoms with Crippen molar-refractivity contribution in [2.75, 3.05) is 14.2 Å². The molecule has 0 N–H and O–H groups in total. The second-order valence-corrected chi connectivity index (χ2v) is 4.94. The van der Waals surface area contributed by atoms with Crippen molar-refractivity contribution in [3.63, 3.8) is 0 Å². The van der Waals surface area contributed by atoms with E-state index in [-0.39, 0.29) is 11.9 Å². The van der Waals surface area contributed by atoms with E-state index in [1.807, 2.05) is 27.7 Å². The molecule has 19 heavy (non-hydrogen) atoms. The number of carbonyl (C=O) groups excluding carboxylic acids is 1. The normalized spacial score (nSPS) is 10.7.